The van der Waals surface area contributed by atoms with E-state index in [9.17, 15) is 4.79 Å². The normalized spacial score (nSPS) is 29.8. The molecule has 124 valence electrons. The van der Waals surface area contributed by atoms with Gasteiger partial charge in [0.25, 0.3) is 0 Å². The quantitative estimate of drug-likeness (QED) is 0.829. The number of rotatable bonds is 3. The third-order valence-corrected chi connectivity index (χ3v) is 4.66. The van der Waals surface area contributed by atoms with E-state index in [1.54, 1.807) is 0 Å². The molecule has 0 aromatic heterocycles. The van der Waals surface area contributed by atoms with Crippen LogP contribution in [0.2, 0.25) is 0 Å². The summed E-state index contributed by atoms with van der Waals surface area (Å²) < 4.78 is 5.39. The molecule has 3 fully saturated rings. The highest BCUT2D eigenvalue weighted by Crippen LogP contribution is 2.19. The number of halogens is 2. The van der Waals surface area contributed by atoms with Crippen LogP contribution in [-0.2, 0) is 9.53 Å². The molecule has 0 spiro atoms. The van der Waals surface area contributed by atoms with E-state index in [-0.39, 0.29) is 24.8 Å². The number of ether oxygens (including phenoxy) is 1. The minimum Gasteiger partial charge on any atom is -0.379 e. The summed E-state index contributed by atoms with van der Waals surface area (Å²) in [6.45, 7) is 6.67. The van der Waals surface area contributed by atoms with Crippen LogP contribution in [0.4, 0.5) is 0 Å². The van der Waals surface area contributed by atoms with Crippen molar-refractivity contribution < 1.29 is 9.53 Å². The first-order valence-corrected chi connectivity index (χ1v) is 7.66. The first-order chi connectivity index (χ1) is 9.33. The number of hydrogen-bond donors (Lipinski definition) is 1. The highest BCUT2D eigenvalue weighted by molar-refractivity contribution is 5.85. The molecule has 1 amide bonds. The number of nitrogens with one attached hydrogen (secondary N) is 1. The van der Waals surface area contributed by atoms with Crippen molar-refractivity contribution in [3.05, 3.63) is 0 Å². The lowest BCUT2D eigenvalue weighted by Crippen LogP contribution is -2.45. The Balaban J connectivity index is 0.00000110. The lowest BCUT2D eigenvalue weighted by molar-refractivity contribution is -0.130. The highest BCUT2D eigenvalue weighted by atomic mass is 35.5. The Kier molecular flexibility index (Phi) is 8.27. The molecule has 1 N–H and O–H groups in total. The van der Waals surface area contributed by atoms with Crippen molar-refractivity contribution >= 4 is 30.7 Å². The van der Waals surface area contributed by atoms with E-state index in [0.717, 1.165) is 58.8 Å². The van der Waals surface area contributed by atoms with E-state index in [2.05, 4.69) is 15.1 Å². The van der Waals surface area contributed by atoms with Crippen molar-refractivity contribution in [2.75, 3.05) is 45.9 Å². The number of likely N-dealkylation sites (tertiary alicyclic amines) is 1. The Hall–Kier alpha value is -0.0700. The number of morpholine rings is 1. The summed E-state index contributed by atoms with van der Waals surface area (Å²) in [5.74, 6) is 0.343. The third-order valence-electron chi connectivity index (χ3n) is 4.66. The molecule has 0 saturated carbocycles. The second kappa shape index (κ2) is 9.16. The molecule has 0 radical (unpaired) electrons. The zero-order valence-electron chi connectivity index (χ0n) is 12.5. The molecule has 21 heavy (non-hydrogen) atoms. The minimum atomic E-state index is 0. The Morgan fingerprint density at radius 2 is 1.90 bits per heavy atom. The maximum Gasteiger partial charge on any atom is 0.224 e. The van der Waals surface area contributed by atoms with Gasteiger partial charge in [0.1, 0.15) is 0 Å². The largest absolute Gasteiger partial charge is 0.379 e. The van der Waals surface area contributed by atoms with Crippen molar-refractivity contribution in [1.82, 2.24) is 15.1 Å². The molecule has 0 aromatic carbocycles. The number of carbonyl (C=O) groups is 1. The molecule has 3 rings (SSSR count). The Morgan fingerprint density at radius 3 is 2.57 bits per heavy atom. The molecule has 0 aliphatic carbocycles. The van der Waals surface area contributed by atoms with E-state index in [4.69, 9.17) is 4.74 Å². The smallest absolute Gasteiger partial charge is 0.224 e. The predicted octanol–water partition coefficient (Wildman–Crippen LogP) is 0.905. The zero-order chi connectivity index (χ0) is 13.1. The third kappa shape index (κ3) is 4.96. The number of amides is 1. The van der Waals surface area contributed by atoms with Gasteiger partial charge in [-0.2, -0.15) is 0 Å². The Bertz CT molecular complexity index is 321. The standard InChI is InChI=1S/C14H25N3O2.2ClH/c18-14(10-12-2-1-4-15-12)17-5-3-13(11-17)16-6-8-19-9-7-16;;/h12-13,15H,1-11H2;2*1H. The van der Waals surface area contributed by atoms with Gasteiger partial charge in [0.05, 0.1) is 13.2 Å². The predicted molar refractivity (Wildman–Crippen MR) is 87.5 cm³/mol. The highest BCUT2D eigenvalue weighted by Gasteiger charge is 2.32. The number of carbonyl (C=O) groups excluding carboxylic acids is 1. The first-order valence-electron chi connectivity index (χ1n) is 7.66. The van der Waals surface area contributed by atoms with Crippen LogP contribution in [0.25, 0.3) is 0 Å². The average molecular weight is 340 g/mol. The fourth-order valence-corrected chi connectivity index (χ4v) is 3.48. The number of nitrogens with zero attached hydrogens (tertiary/aromatic N) is 2. The monoisotopic (exact) mass is 339 g/mol. The van der Waals surface area contributed by atoms with Crippen LogP contribution >= 0.6 is 24.8 Å². The van der Waals surface area contributed by atoms with Crippen LogP contribution in [0.3, 0.4) is 0 Å². The molecule has 0 aromatic rings. The topological polar surface area (TPSA) is 44.8 Å². The summed E-state index contributed by atoms with van der Waals surface area (Å²) in [6.07, 6.45) is 4.19. The molecular weight excluding hydrogens is 313 g/mol. The van der Waals surface area contributed by atoms with Gasteiger partial charge < -0.3 is 15.0 Å². The minimum absolute atomic E-state index is 0. The lowest BCUT2D eigenvalue weighted by Gasteiger charge is -2.32. The van der Waals surface area contributed by atoms with Gasteiger partial charge in [-0.3, -0.25) is 9.69 Å². The molecule has 3 saturated heterocycles. The van der Waals surface area contributed by atoms with E-state index in [1.165, 1.54) is 6.42 Å². The maximum absolute atomic E-state index is 12.3. The van der Waals surface area contributed by atoms with Gasteiger partial charge in [-0.25, -0.2) is 0 Å². The summed E-state index contributed by atoms with van der Waals surface area (Å²) in [6, 6.07) is 0.985. The van der Waals surface area contributed by atoms with Gasteiger partial charge in [0.2, 0.25) is 5.91 Å². The molecule has 2 atom stereocenters. The van der Waals surface area contributed by atoms with Crippen molar-refractivity contribution in [3.8, 4) is 0 Å². The second-order valence-electron chi connectivity index (χ2n) is 5.93. The van der Waals surface area contributed by atoms with Crippen LogP contribution in [0.5, 0.6) is 0 Å². The van der Waals surface area contributed by atoms with Gasteiger partial charge >= 0.3 is 0 Å². The summed E-state index contributed by atoms with van der Waals surface area (Å²) in [5, 5.41) is 3.41. The molecule has 3 heterocycles. The molecule has 0 bridgehead atoms. The van der Waals surface area contributed by atoms with Crippen LogP contribution < -0.4 is 5.32 Å². The van der Waals surface area contributed by atoms with Crippen LogP contribution in [0.1, 0.15) is 25.7 Å². The van der Waals surface area contributed by atoms with Gasteiger partial charge in [-0.1, -0.05) is 0 Å². The SMILES string of the molecule is Cl.Cl.O=C(CC1CCCN1)N1CCC(N2CCOCC2)C1. The second-order valence-corrected chi connectivity index (χ2v) is 5.93. The first kappa shape index (κ1) is 19.0. The van der Waals surface area contributed by atoms with Crippen molar-refractivity contribution in [1.29, 1.82) is 0 Å². The van der Waals surface area contributed by atoms with Crippen molar-refractivity contribution in [2.45, 2.75) is 37.8 Å². The molecular formula is C14H27Cl2N3O2. The van der Waals surface area contributed by atoms with Crippen molar-refractivity contribution in [2.24, 2.45) is 0 Å². The molecule has 3 aliphatic heterocycles. The van der Waals surface area contributed by atoms with E-state index >= 15 is 0 Å². The maximum atomic E-state index is 12.3. The average Bonchev–Trinajstić information content (AvgIpc) is 3.10. The van der Waals surface area contributed by atoms with Gasteiger partial charge in [0, 0.05) is 44.7 Å². The summed E-state index contributed by atoms with van der Waals surface area (Å²) in [7, 11) is 0. The van der Waals surface area contributed by atoms with Gasteiger partial charge in [-0.05, 0) is 25.8 Å². The fourth-order valence-electron chi connectivity index (χ4n) is 3.48. The summed E-state index contributed by atoms with van der Waals surface area (Å²) >= 11 is 0. The molecule has 5 nitrogen and oxygen atoms in total. The van der Waals surface area contributed by atoms with Crippen LogP contribution in [0, 0.1) is 0 Å². The molecule has 2 unspecified atom stereocenters. The van der Waals surface area contributed by atoms with E-state index < -0.39 is 0 Å². The molecule has 3 aliphatic rings. The fraction of sp³-hybridized carbons (Fsp3) is 0.929. The van der Waals surface area contributed by atoms with Crippen LogP contribution in [0.15, 0.2) is 0 Å². The Labute approximate surface area is 139 Å². The van der Waals surface area contributed by atoms with Crippen molar-refractivity contribution in [3.63, 3.8) is 0 Å². The van der Waals surface area contributed by atoms with E-state index in [1.807, 2.05) is 0 Å². The number of hydrogen-bond acceptors (Lipinski definition) is 4. The summed E-state index contributed by atoms with van der Waals surface area (Å²) in [5.41, 5.74) is 0. The summed E-state index contributed by atoms with van der Waals surface area (Å²) in [4.78, 5) is 16.8. The Morgan fingerprint density at radius 1 is 1.14 bits per heavy atom. The van der Waals surface area contributed by atoms with Crippen LogP contribution in [-0.4, -0.2) is 73.7 Å². The molecule has 7 heteroatoms. The van der Waals surface area contributed by atoms with Gasteiger partial charge in [-0.15, -0.1) is 24.8 Å². The zero-order valence-corrected chi connectivity index (χ0v) is 14.1. The van der Waals surface area contributed by atoms with E-state index in [0.29, 0.717) is 24.4 Å². The van der Waals surface area contributed by atoms with Gasteiger partial charge in [0.15, 0.2) is 0 Å². The lowest BCUT2D eigenvalue weighted by atomic mass is 10.1.